The number of likely N-dealkylation sites (N-methyl/N-ethyl adjacent to an activating group) is 1. The van der Waals surface area contributed by atoms with Crippen LogP contribution in [0.4, 0.5) is 14.4 Å². The average Bonchev–Trinajstić information content (AvgIpc) is 3.21. The molecule has 58 heavy (non-hydrogen) atoms. The molecule has 0 heterocycles. The van der Waals surface area contributed by atoms with Gasteiger partial charge in [-0.2, -0.15) is 5.06 Å². The zero-order valence-corrected chi connectivity index (χ0v) is 34.9. The fourth-order valence-corrected chi connectivity index (χ4v) is 6.67. The fourth-order valence-electron chi connectivity index (χ4n) is 6.67. The Balaban J connectivity index is 2.02. The molecule has 3 atom stereocenters. The van der Waals surface area contributed by atoms with Gasteiger partial charge in [-0.05, 0) is 54.6 Å². The van der Waals surface area contributed by atoms with Crippen molar-refractivity contribution in [1.29, 1.82) is 0 Å². The van der Waals surface area contributed by atoms with Crippen LogP contribution >= 0.6 is 0 Å². The molecule has 2 aromatic carbocycles. The first-order valence-electron chi connectivity index (χ1n) is 20.0. The Morgan fingerprint density at radius 1 is 0.759 bits per heavy atom. The monoisotopic (exact) mass is 810 g/mol. The van der Waals surface area contributed by atoms with Crippen LogP contribution in [0, 0.1) is 17.8 Å². The standard InChI is InChI=1S/C42H62N6O10/c1-29(2)36(43-40(52)55-6)38(50)45-47(25-32-19-13-9-14-20-32)26-34(24-23-31-17-11-8-12-18-31)48(39(51)37(30(3)4)44-41(53)56-7)58-35(49)27-46(5)42(54)57-28-33-21-15-10-16-22-33/h8,10-12,15-18,21-22,29-30,32,34,36-37H,9,13-14,19-20,23-28H2,1-7H3,(H,43,52)(H,44,53)(H,45,50)/t34-,36-,37-/m0/s1. The summed E-state index contributed by atoms with van der Waals surface area (Å²) in [5.41, 5.74) is 4.71. The topological polar surface area (TPSA) is 185 Å². The molecule has 16 heteroatoms. The van der Waals surface area contributed by atoms with E-state index in [2.05, 4.69) is 16.1 Å². The summed E-state index contributed by atoms with van der Waals surface area (Å²) in [5, 5.41) is 7.87. The van der Waals surface area contributed by atoms with Crippen LogP contribution in [-0.2, 0) is 46.5 Å². The Morgan fingerprint density at radius 2 is 1.31 bits per heavy atom. The molecular formula is C42H62N6O10. The first kappa shape index (κ1) is 47.0. The van der Waals surface area contributed by atoms with Crippen LogP contribution in [0.25, 0.3) is 0 Å². The lowest BCUT2D eigenvalue weighted by Gasteiger charge is -2.38. The number of aryl methyl sites for hydroxylation is 1. The van der Waals surface area contributed by atoms with Gasteiger partial charge in [0.15, 0.2) is 0 Å². The lowest BCUT2D eigenvalue weighted by molar-refractivity contribution is -0.212. The maximum atomic E-state index is 14.7. The summed E-state index contributed by atoms with van der Waals surface area (Å²) in [5.74, 6) is -2.75. The minimum absolute atomic E-state index is 0.00483. The van der Waals surface area contributed by atoms with E-state index in [1.807, 2.05) is 48.5 Å². The normalized spacial score (nSPS) is 14.4. The fraction of sp³-hybridized carbons (Fsp3) is 0.571. The molecule has 0 aromatic heterocycles. The Bertz CT molecular complexity index is 1610. The van der Waals surface area contributed by atoms with Gasteiger partial charge in [0.1, 0.15) is 25.2 Å². The van der Waals surface area contributed by atoms with Crippen molar-refractivity contribution < 1.29 is 47.8 Å². The third kappa shape index (κ3) is 15.9. The predicted molar refractivity (Wildman–Crippen MR) is 215 cm³/mol. The highest BCUT2D eigenvalue weighted by Crippen LogP contribution is 2.25. The molecule has 1 aliphatic rings. The van der Waals surface area contributed by atoms with Gasteiger partial charge in [0, 0.05) is 20.1 Å². The molecule has 3 rings (SSSR count). The highest BCUT2D eigenvalue weighted by molar-refractivity contribution is 5.87. The predicted octanol–water partition coefficient (Wildman–Crippen LogP) is 5.22. The molecule has 3 N–H and O–H groups in total. The molecule has 0 saturated heterocycles. The minimum Gasteiger partial charge on any atom is -0.453 e. The van der Waals surface area contributed by atoms with Crippen molar-refractivity contribution in [3.63, 3.8) is 0 Å². The van der Waals surface area contributed by atoms with Crippen LogP contribution in [0.15, 0.2) is 60.7 Å². The summed E-state index contributed by atoms with van der Waals surface area (Å²) in [6.45, 7) is 6.86. The molecule has 0 spiro atoms. The van der Waals surface area contributed by atoms with Crippen LogP contribution in [0.3, 0.4) is 0 Å². The number of alkyl carbamates (subject to hydrolysis) is 2. The number of ether oxygens (including phenoxy) is 3. The van der Waals surface area contributed by atoms with Crippen molar-refractivity contribution in [2.45, 2.75) is 97.4 Å². The van der Waals surface area contributed by atoms with Gasteiger partial charge >= 0.3 is 24.2 Å². The number of benzene rings is 2. The van der Waals surface area contributed by atoms with E-state index < -0.39 is 66.7 Å². The van der Waals surface area contributed by atoms with E-state index in [9.17, 15) is 28.8 Å². The van der Waals surface area contributed by atoms with Gasteiger partial charge in [0.05, 0.1) is 20.3 Å². The summed E-state index contributed by atoms with van der Waals surface area (Å²) in [4.78, 5) is 87.0. The first-order chi connectivity index (χ1) is 27.7. The molecule has 1 saturated carbocycles. The van der Waals surface area contributed by atoms with Gasteiger partial charge < -0.3 is 34.6 Å². The maximum absolute atomic E-state index is 14.7. The second kappa shape index (κ2) is 24.4. The minimum atomic E-state index is -1.19. The van der Waals surface area contributed by atoms with Crippen LogP contribution in [0.1, 0.15) is 77.3 Å². The first-order valence-corrected chi connectivity index (χ1v) is 20.0. The third-order valence-electron chi connectivity index (χ3n) is 9.94. The molecule has 0 bridgehead atoms. The number of methoxy groups -OCH3 is 2. The van der Waals surface area contributed by atoms with Gasteiger partial charge in [-0.3, -0.25) is 15.0 Å². The van der Waals surface area contributed by atoms with Crippen LogP contribution < -0.4 is 16.1 Å². The van der Waals surface area contributed by atoms with Gasteiger partial charge in [-0.15, -0.1) is 0 Å². The number of nitrogens with zero attached hydrogens (tertiary/aromatic N) is 3. The van der Waals surface area contributed by atoms with Crippen molar-refractivity contribution in [3.05, 3.63) is 71.8 Å². The number of hydrogen-bond acceptors (Lipinski definition) is 11. The van der Waals surface area contributed by atoms with E-state index in [0.29, 0.717) is 13.0 Å². The Kier molecular flexibility index (Phi) is 19.8. The van der Waals surface area contributed by atoms with Gasteiger partial charge in [0.25, 0.3) is 11.8 Å². The number of hydrazine groups is 1. The lowest BCUT2D eigenvalue weighted by Crippen LogP contribution is -2.60. The quantitative estimate of drug-likeness (QED) is 0.125. The Hall–Kier alpha value is -5.38. The van der Waals surface area contributed by atoms with Gasteiger partial charge in [-0.25, -0.2) is 24.2 Å². The molecule has 1 fully saturated rings. The van der Waals surface area contributed by atoms with Crippen LogP contribution in [0.5, 0.6) is 0 Å². The third-order valence-corrected chi connectivity index (χ3v) is 9.94. The van der Waals surface area contributed by atoms with E-state index in [0.717, 1.165) is 53.2 Å². The number of hydrogen-bond donors (Lipinski definition) is 3. The summed E-state index contributed by atoms with van der Waals surface area (Å²) in [6.07, 6.45) is 3.32. The van der Waals surface area contributed by atoms with Crippen molar-refractivity contribution >= 4 is 36.1 Å². The van der Waals surface area contributed by atoms with Crippen molar-refractivity contribution in [2.75, 3.05) is 40.9 Å². The average molecular weight is 811 g/mol. The van der Waals surface area contributed by atoms with E-state index in [1.54, 1.807) is 44.8 Å². The number of nitrogens with one attached hydrogen (secondary N) is 3. The zero-order valence-electron chi connectivity index (χ0n) is 34.9. The highest BCUT2D eigenvalue weighted by atomic mass is 16.7. The summed E-state index contributed by atoms with van der Waals surface area (Å²) >= 11 is 0. The SMILES string of the molecule is COC(=O)N[C@H](C(=O)NN(CC1CCCCC1)C[C@H](CCc1ccccc1)N(OC(=O)CN(C)C(=O)OCc1ccccc1)C(=O)[C@@H](NC(=O)OC)C(C)C)C(C)C. The van der Waals surface area contributed by atoms with E-state index in [4.69, 9.17) is 19.0 Å². The van der Waals surface area contributed by atoms with E-state index in [-0.39, 0.29) is 31.4 Å². The Morgan fingerprint density at radius 3 is 1.86 bits per heavy atom. The zero-order chi connectivity index (χ0) is 42.6. The molecule has 5 amide bonds. The number of carbonyl (C=O) groups excluding carboxylic acids is 6. The Labute approximate surface area is 342 Å². The van der Waals surface area contributed by atoms with Crippen molar-refractivity contribution in [3.8, 4) is 0 Å². The molecule has 0 radical (unpaired) electrons. The lowest BCUT2D eigenvalue weighted by atomic mass is 9.89. The number of amides is 5. The molecule has 2 aromatic rings. The van der Waals surface area contributed by atoms with Crippen LogP contribution in [-0.4, -0.2) is 110 Å². The van der Waals surface area contributed by atoms with Crippen molar-refractivity contribution in [1.82, 2.24) is 31.0 Å². The highest BCUT2D eigenvalue weighted by Gasteiger charge is 2.38. The number of carbonyl (C=O) groups is 6. The molecule has 1 aliphatic carbocycles. The van der Waals surface area contributed by atoms with Crippen LogP contribution in [0.2, 0.25) is 0 Å². The van der Waals surface area contributed by atoms with Crippen molar-refractivity contribution in [2.24, 2.45) is 17.8 Å². The molecular weight excluding hydrogens is 748 g/mol. The molecule has 0 unspecified atom stereocenters. The van der Waals surface area contributed by atoms with Gasteiger partial charge in [-0.1, -0.05) is 108 Å². The van der Waals surface area contributed by atoms with E-state index in [1.165, 1.54) is 21.3 Å². The van der Waals surface area contributed by atoms with Gasteiger partial charge in [0.2, 0.25) is 0 Å². The second-order valence-corrected chi connectivity index (χ2v) is 15.3. The summed E-state index contributed by atoms with van der Waals surface area (Å²) in [7, 11) is 3.77. The summed E-state index contributed by atoms with van der Waals surface area (Å²) < 4.78 is 15.0. The number of hydroxylamine groups is 2. The van der Waals surface area contributed by atoms with E-state index >= 15 is 0 Å². The molecule has 0 aliphatic heterocycles. The number of rotatable bonds is 19. The molecule has 320 valence electrons. The second-order valence-electron chi connectivity index (χ2n) is 15.3. The molecule has 16 nitrogen and oxygen atoms in total. The summed E-state index contributed by atoms with van der Waals surface area (Å²) in [6, 6.07) is 15.6. The smallest absolute Gasteiger partial charge is 0.410 e. The maximum Gasteiger partial charge on any atom is 0.410 e. The largest absolute Gasteiger partial charge is 0.453 e.